The first-order valence-electron chi connectivity index (χ1n) is 8.33. The summed E-state index contributed by atoms with van der Waals surface area (Å²) in [6.07, 6.45) is 1.81. The maximum absolute atomic E-state index is 12.4. The normalized spacial score (nSPS) is 27.9. The maximum Gasteiger partial charge on any atom is 0.323 e. The van der Waals surface area contributed by atoms with E-state index in [1.54, 1.807) is 0 Å². The molecule has 3 rings (SSSR count). The summed E-state index contributed by atoms with van der Waals surface area (Å²) >= 11 is 0. The highest BCUT2D eigenvalue weighted by Gasteiger charge is 2.43. The van der Waals surface area contributed by atoms with Gasteiger partial charge in [-0.25, -0.2) is 0 Å². The van der Waals surface area contributed by atoms with E-state index >= 15 is 0 Å². The average Bonchev–Trinajstić information content (AvgIpc) is 2.80. The van der Waals surface area contributed by atoms with Gasteiger partial charge in [-0.05, 0) is 39.2 Å². The Morgan fingerprint density at radius 2 is 1.96 bits per heavy atom. The minimum atomic E-state index is -0.433. The number of carbonyl (C=O) groups is 1. The van der Waals surface area contributed by atoms with Crippen LogP contribution in [0.4, 0.5) is 0 Å². The molecule has 2 saturated heterocycles. The van der Waals surface area contributed by atoms with Gasteiger partial charge in [0.05, 0.1) is 13.3 Å². The zero-order chi connectivity index (χ0) is 16.4. The van der Waals surface area contributed by atoms with Crippen molar-refractivity contribution in [1.82, 2.24) is 9.96 Å². The van der Waals surface area contributed by atoms with E-state index in [1.165, 1.54) is 0 Å². The first-order chi connectivity index (χ1) is 10.9. The molecule has 2 aliphatic heterocycles. The molecule has 2 unspecified atom stereocenters. The molecule has 3 atom stereocenters. The molecular weight excluding hydrogens is 292 g/mol. The zero-order valence-electron chi connectivity index (χ0n) is 14.2. The van der Waals surface area contributed by atoms with Gasteiger partial charge in [0.25, 0.3) is 0 Å². The van der Waals surface area contributed by atoms with Crippen molar-refractivity contribution in [2.45, 2.75) is 57.9 Å². The van der Waals surface area contributed by atoms with Crippen LogP contribution in [0.3, 0.4) is 0 Å². The lowest BCUT2D eigenvalue weighted by molar-refractivity contribution is -0.182. The van der Waals surface area contributed by atoms with Crippen molar-refractivity contribution < 1.29 is 14.4 Å². The quantitative estimate of drug-likeness (QED) is 0.798. The third kappa shape index (κ3) is 4.10. The van der Waals surface area contributed by atoms with Gasteiger partial charge in [0.2, 0.25) is 0 Å². The van der Waals surface area contributed by atoms with Crippen LogP contribution >= 0.6 is 0 Å². The van der Waals surface area contributed by atoms with Crippen molar-refractivity contribution in [2.75, 3.05) is 13.2 Å². The molecule has 0 amide bonds. The second-order valence-electron chi connectivity index (χ2n) is 7.37. The predicted molar refractivity (Wildman–Crippen MR) is 87.3 cm³/mol. The minimum absolute atomic E-state index is 0.110. The smallest absolute Gasteiger partial charge is 0.323 e. The summed E-state index contributed by atoms with van der Waals surface area (Å²) in [4.78, 5) is 20.5. The molecule has 1 aromatic rings. The van der Waals surface area contributed by atoms with Crippen LogP contribution in [0.25, 0.3) is 0 Å². The molecule has 2 bridgehead atoms. The lowest BCUT2D eigenvalue weighted by Gasteiger charge is -2.31. The van der Waals surface area contributed by atoms with Crippen LogP contribution in [-0.2, 0) is 21.0 Å². The summed E-state index contributed by atoms with van der Waals surface area (Å²) in [5, 5.41) is 2.03. The fourth-order valence-corrected chi connectivity index (χ4v) is 3.22. The fraction of sp³-hybridized carbons (Fsp3) is 0.611. The number of piperidine rings is 1. The van der Waals surface area contributed by atoms with E-state index in [-0.39, 0.29) is 12.0 Å². The number of fused-ring (bicyclic) bond motifs is 2. The van der Waals surface area contributed by atoms with Crippen molar-refractivity contribution in [3.63, 3.8) is 0 Å². The first kappa shape index (κ1) is 16.4. The maximum atomic E-state index is 12.4. The Morgan fingerprint density at radius 1 is 1.22 bits per heavy atom. The Balaban J connectivity index is 1.55. The van der Waals surface area contributed by atoms with Gasteiger partial charge >= 0.3 is 5.97 Å². The Morgan fingerprint density at radius 3 is 2.65 bits per heavy atom. The van der Waals surface area contributed by atoms with E-state index in [0.717, 1.165) is 24.9 Å². The van der Waals surface area contributed by atoms with Crippen LogP contribution in [0.2, 0.25) is 0 Å². The number of hydrogen-bond donors (Lipinski definition) is 0. The van der Waals surface area contributed by atoms with Crippen LogP contribution in [-0.4, -0.2) is 46.8 Å². The highest BCUT2D eigenvalue weighted by Crippen LogP contribution is 2.30. The van der Waals surface area contributed by atoms with Crippen molar-refractivity contribution in [2.24, 2.45) is 0 Å². The van der Waals surface area contributed by atoms with Gasteiger partial charge in [-0.15, -0.1) is 0 Å². The van der Waals surface area contributed by atoms with Crippen LogP contribution < -0.4 is 0 Å². The van der Waals surface area contributed by atoms with Gasteiger partial charge in [-0.2, -0.15) is 5.06 Å². The minimum Gasteiger partial charge on any atom is -0.459 e. The van der Waals surface area contributed by atoms with Gasteiger partial charge in [-0.1, -0.05) is 30.3 Å². The van der Waals surface area contributed by atoms with Crippen LogP contribution in [0.15, 0.2) is 30.3 Å². The number of carbonyl (C=O) groups excluding carboxylic acids is 1. The number of rotatable bonds is 4. The molecule has 0 aromatic heterocycles. The first-order valence-corrected chi connectivity index (χ1v) is 8.33. The number of benzene rings is 1. The second kappa shape index (κ2) is 6.59. The topological polar surface area (TPSA) is 42.0 Å². The van der Waals surface area contributed by atoms with Crippen molar-refractivity contribution >= 4 is 5.97 Å². The summed E-state index contributed by atoms with van der Waals surface area (Å²) < 4.78 is 5.55. The molecular formula is C18H26N2O3. The average molecular weight is 318 g/mol. The third-order valence-corrected chi connectivity index (χ3v) is 4.31. The van der Waals surface area contributed by atoms with Crippen LogP contribution in [0, 0.1) is 0 Å². The van der Waals surface area contributed by atoms with Gasteiger partial charge in [0.1, 0.15) is 11.6 Å². The van der Waals surface area contributed by atoms with Crippen LogP contribution in [0.5, 0.6) is 0 Å². The molecule has 2 fully saturated rings. The number of esters is 1. The summed E-state index contributed by atoms with van der Waals surface area (Å²) in [5.41, 5.74) is 0.726. The highest BCUT2D eigenvalue weighted by atomic mass is 16.7. The second-order valence-corrected chi connectivity index (χ2v) is 7.37. The molecule has 0 radical (unpaired) electrons. The van der Waals surface area contributed by atoms with E-state index in [0.29, 0.717) is 19.3 Å². The molecule has 23 heavy (non-hydrogen) atoms. The van der Waals surface area contributed by atoms with E-state index < -0.39 is 5.60 Å². The molecule has 5 nitrogen and oxygen atoms in total. The third-order valence-electron chi connectivity index (χ3n) is 4.31. The molecule has 0 N–H and O–H groups in total. The predicted octanol–water partition coefficient (Wildman–Crippen LogP) is 2.57. The molecule has 2 heterocycles. The standard InChI is InChI=1S/C18H26N2O3/c1-18(2,3)23-17(21)16-10-9-15-11-19(16)13-20(15)22-12-14-7-5-4-6-8-14/h4-8,15-16H,9-13H2,1-3H3/t15?,16-/m0/s1. The number of ether oxygens (including phenoxy) is 1. The molecule has 2 aliphatic rings. The largest absolute Gasteiger partial charge is 0.459 e. The Hall–Kier alpha value is -1.43. The summed E-state index contributed by atoms with van der Waals surface area (Å²) in [6.45, 7) is 7.85. The molecule has 5 heteroatoms. The zero-order valence-corrected chi connectivity index (χ0v) is 14.2. The summed E-state index contributed by atoms with van der Waals surface area (Å²) in [5.74, 6) is -0.110. The van der Waals surface area contributed by atoms with E-state index in [1.807, 2.05) is 44.0 Å². The monoisotopic (exact) mass is 318 g/mol. The molecule has 0 aliphatic carbocycles. The van der Waals surface area contributed by atoms with E-state index in [4.69, 9.17) is 9.57 Å². The highest BCUT2D eigenvalue weighted by molar-refractivity contribution is 5.76. The molecule has 126 valence electrons. The summed E-state index contributed by atoms with van der Waals surface area (Å²) in [7, 11) is 0. The van der Waals surface area contributed by atoms with Gasteiger partial charge in [0, 0.05) is 12.6 Å². The van der Waals surface area contributed by atoms with Gasteiger partial charge < -0.3 is 4.74 Å². The Labute approximate surface area is 138 Å². The Kier molecular flexibility index (Phi) is 4.71. The lowest BCUT2D eigenvalue weighted by Crippen LogP contribution is -2.46. The molecule has 0 saturated carbocycles. The number of hydrogen-bond acceptors (Lipinski definition) is 5. The number of nitrogens with zero attached hydrogens (tertiary/aromatic N) is 2. The van der Waals surface area contributed by atoms with E-state index in [9.17, 15) is 4.79 Å². The van der Waals surface area contributed by atoms with Crippen molar-refractivity contribution in [3.05, 3.63) is 35.9 Å². The van der Waals surface area contributed by atoms with Crippen LogP contribution in [0.1, 0.15) is 39.2 Å². The SMILES string of the molecule is CC(C)(C)OC(=O)[C@@H]1CCC2CN1CN2OCc1ccccc1. The molecule has 0 spiro atoms. The number of hydroxylamine groups is 2. The Bertz CT molecular complexity index is 541. The van der Waals surface area contributed by atoms with Gasteiger partial charge in [-0.3, -0.25) is 14.5 Å². The lowest BCUT2D eigenvalue weighted by atomic mass is 10.0. The summed E-state index contributed by atoms with van der Waals surface area (Å²) in [6, 6.07) is 10.4. The van der Waals surface area contributed by atoms with Crippen molar-refractivity contribution in [3.8, 4) is 0 Å². The van der Waals surface area contributed by atoms with Gasteiger partial charge in [0.15, 0.2) is 0 Å². The molecule has 1 aromatic carbocycles. The van der Waals surface area contributed by atoms with E-state index in [2.05, 4.69) is 17.0 Å². The van der Waals surface area contributed by atoms with Crippen molar-refractivity contribution in [1.29, 1.82) is 0 Å². The fourth-order valence-electron chi connectivity index (χ4n) is 3.22.